The molecule has 0 heterocycles. The third-order valence-corrected chi connectivity index (χ3v) is 5.98. The zero-order valence-corrected chi connectivity index (χ0v) is 16.7. The van der Waals surface area contributed by atoms with Crippen LogP contribution in [0, 0.1) is 5.92 Å². The van der Waals surface area contributed by atoms with Crippen molar-refractivity contribution in [3.05, 3.63) is 71.8 Å². The zero-order chi connectivity index (χ0) is 19.8. The van der Waals surface area contributed by atoms with Crippen LogP contribution < -0.4 is 5.73 Å². The highest BCUT2D eigenvalue weighted by molar-refractivity contribution is 6.40. The smallest absolute Gasteiger partial charge is 0.427 e. The van der Waals surface area contributed by atoms with Crippen molar-refractivity contribution in [1.82, 2.24) is 4.90 Å². The molecule has 1 fully saturated rings. The van der Waals surface area contributed by atoms with E-state index in [1.807, 2.05) is 0 Å². The monoisotopic (exact) mass is 380 g/mol. The third-order valence-electron chi connectivity index (χ3n) is 5.98. The van der Waals surface area contributed by atoms with E-state index in [0.29, 0.717) is 18.3 Å². The average molecular weight is 380 g/mol. The molecule has 4 N–H and O–H groups in total. The highest BCUT2D eigenvalue weighted by Gasteiger charge is 2.36. The summed E-state index contributed by atoms with van der Waals surface area (Å²) in [5, 5.41) is 17.9. The summed E-state index contributed by atoms with van der Waals surface area (Å²) in [6.45, 7) is 1.94. The minimum absolute atomic E-state index is 0.224. The summed E-state index contributed by atoms with van der Waals surface area (Å²) in [6, 6.07) is 22.2. The molecule has 1 aliphatic rings. The third kappa shape index (κ3) is 6.45. The summed E-state index contributed by atoms with van der Waals surface area (Å²) in [6.07, 6.45) is 5.53. The SMILES string of the molecule is NC(CCCCB(O)O)[C@H]1C[C@H](N(Cc2ccccc2)Cc2ccccc2)C1. The van der Waals surface area contributed by atoms with E-state index in [2.05, 4.69) is 65.6 Å². The Labute approximate surface area is 169 Å². The Kier molecular flexibility index (Phi) is 8.10. The van der Waals surface area contributed by atoms with E-state index in [4.69, 9.17) is 15.8 Å². The quantitative estimate of drug-likeness (QED) is 0.413. The van der Waals surface area contributed by atoms with Crippen LogP contribution in [-0.4, -0.2) is 34.2 Å². The van der Waals surface area contributed by atoms with Gasteiger partial charge in [-0.2, -0.15) is 0 Å². The van der Waals surface area contributed by atoms with Crippen molar-refractivity contribution in [3.63, 3.8) is 0 Å². The molecule has 2 aromatic carbocycles. The van der Waals surface area contributed by atoms with Crippen molar-refractivity contribution in [2.75, 3.05) is 0 Å². The first-order chi connectivity index (χ1) is 13.6. The maximum absolute atomic E-state index is 8.94. The Hall–Kier alpha value is -1.66. The van der Waals surface area contributed by atoms with Gasteiger partial charge >= 0.3 is 7.12 Å². The molecule has 0 aromatic heterocycles. The Morgan fingerprint density at radius 3 is 1.93 bits per heavy atom. The Morgan fingerprint density at radius 2 is 1.43 bits per heavy atom. The molecule has 1 unspecified atom stereocenters. The first-order valence-corrected chi connectivity index (χ1v) is 10.6. The fourth-order valence-electron chi connectivity index (χ4n) is 4.17. The van der Waals surface area contributed by atoms with Crippen molar-refractivity contribution in [2.24, 2.45) is 11.7 Å². The lowest BCUT2D eigenvalue weighted by Gasteiger charge is -2.45. The van der Waals surface area contributed by atoms with Crippen molar-refractivity contribution in [1.29, 1.82) is 0 Å². The molecule has 1 saturated carbocycles. The number of unbranched alkanes of at least 4 members (excludes halogenated alkanes) is 1. The van der Waals surface area contributed by atoms with E-state index in [9.17, 15) is 0 Å². The summed E-state index contributed by atoms with van der Waals surface area (Å²) < 4.78 is 0. The van der Waals surface area contributed by atoms with Crippen LogP contribution in [0.5, 0.6) is 0 Å². The van der Waals surface area contributed by atoms with Gasteiger partial charge in [0.15, 0.2) is 0 Å². The highest BCUT2D eigenvalue weighted by Crippen LogP contribution is 2.36. The molecule has 1 atom stereocenters. The van der Waals surface area contributed by atoms with E-state index >= 15 is 0 Å². The predicted octanol–water partition coefficient (Wildman–Crippen LogP) is 3.44. The number of nitrogens with two attached hydrogens (primary N) is 1. The van der Waals surface area contributed by atoms with Crippen LogP contribution in [0.1, 0.15) is 43.2 Å². The summed E-state index contributed by atoms with van der Waals surface area (Å²) in [5.41, 5.74) is 9.13. The number of nitrogens with zero attached hydrogens (tertiary/aromatic N) is 1. The highest BCUT2D eigenvalue weighted by atomic mass is 16.4. The lowest BCUT2D eigenvalue weighted by atomic mass is 9.73. The molecule has 0 aliphatic heterocycles. The van der Waals surface area contributed by atoms with Gasteiger partial charge in [-0.25, -0.2) is 0 Å². The summed E-state index contributed by atoms with van der Waals surface area (Å²) in [4.78, 5) is 2.59. The Balaban J connectivity index is 1.52. The van der Waals surface area contributed by atoms with Gasteiger partial charge in [0, 0.05) is 25.2 Å². The lowest BCUT2D eigenvalue weighted by molar-refractivity contribution is 0.0513. The first kappa shape index (κ1) is 21.1. The molecular weight excluding hydrogens is 347 g/mol. The molecule has 150 valence electrons. The van der Waals surface area contributed by atoms with Crippen molar-refractivity contribution >= 4 is 7.12 Å². The number of hydrogen-bond acceptors (Lipinski definition) is 4. The molecule has 0 amide bonds. The molecule has 0 saturated heterocycles. The maximum Gasteiger partial charge on any atom is 0.451 e. The Morgan fingerprint density at radius 1 is 0.893 bits per heavy atom. The van der Waals surface area contributed by atoms with Gasteiger partial charge in [0.25, 0.3) is 0 Å². The van der Waals surface area contributed by atoms with Crippen LogP contribution in [0.15, 0.2) is 60.7 Å². The minimum atomic E-state index is -1.19. The summed E-state index contributed by atoms with van der Waals surface area (Å²) in [7, 11) is -1.19. The van der Waals surface area contributed by atoms with Crippen LogP contribution in [0.2, 0.25) is 6.32 Å². The molecule has 4 nitrogen and oxygen atoms in total. The van der Waals surface area contributed by atoms with Crippen molar-refractivity contribution in [2.45, 2.75) is 63.6 Å². The second-order valence-electron chi connectivity index (χ2n) is 8.19. The number of benzene rings is 2. The van der Waals surface area contributed by atoms with E-state index in [1.165, 1.54) is 11.1 Å². The van der Waals surface area contributed by atoms with E-state index < -0.39 is 7.12 Å². The lowest BCUT2D eigenvalue weighted by Crippen LogP contribution is -2.49. The van der Waals surface area contributed by atoms with Crippen LogP contribution in [0.4, 0.5) is 0 Å². The van der Waals surface area contributed by atoms with Gasteiger partial charge in [0.1, 0.15) is 0 Å². The number of hydrogen-bond donors (Lipinski definition) is 3. The van der Waals surface area contributed by atoms with Gasteiger partial charge in [-0.05, 0) is 42.6 Å². The summed E-state index contributed by atoms with van der Waals surface area (Å²) >= 11 is 0. The van der Waals surface area contributed by atoms with Gasteiger partial charge in [-0.15, -0.1) is 0 Å². The second-order valence-corrected chi connectivity index (χ2v) is 8.19. The van der Waals surface area contributed by atoms with Crippen LogP contribution >= 0.6 is 0 Å². The molecule has 0 bridgehead atoms. The average Bonchev–Trinajstić information content (AvgIpc) is 2.65. The molecular formula is C23H33BN2O2. The van der Waals surface area contributed by atoms with Gasteiger partial charge < -0.3 is 15.8 Å². The normalized spacial score (nSPS) is 20.0. The van der Waals surface area contributed by atoms with Crippen LogP contribution in [0.25, 0.3) is 0 Å². The van der Waals surface area contributed by atoms with Gasteiger partial charge in [0.05, 0.1) is 0 Å². The molecule has 2 aromatic rings. The van der Waals surface area contributed by atoms with Crippen LogP contribution in [-0.2, 0) is 13.1 Å². The van der Waals surface area contributed by atoms with Gasteiger partial charge in [-0.1, -0.05) is 73.5 Å². The van der Waals surface area contributed by atoms with E-state index in [0.717, 1.165) is 45.2 Å². The summed E-state index contributed by atoms with van der Waals surface area (Å²) in [5.74, 6) is 0.582. The second kappa shape index (κ2) is 10.8. The topological polar surface area (TPSA) is 69.7 Å². The molecule has 0 spiro atoms. The number of rotatable bonds is 11. The van der Waals surface area contributed by atoms with Crippen molar-refractivity contribution < 1.29 is 10.0 Å². The fourth-order valence-corrected chi connectivity index (χ4v) is 4.17. The minimum Gasteiger partial charge on any atom is -0.427 e. The first-order valence-electron chi connectivity index (χ1n) is 10.6. The molecule has 0 radical (unpaired) electrons. The molecule has 1 aliphatic carbocycles. The maximum atomic E-state index is 8.94. The fraction of sp³-hybridized carbons (Fsp3) is 0.478. The zero-order valence-electron chi connectivity index (χ0n) is 16.7. The van der Waals surface area contributed by atoms with E-state index in [-0.39, 0.29) is 6.04 Å². The molecule has 28 heavy (non-hydrogen) atoms. The van der Waals surface area contributed by atoms with Gasteiger partial charge in [-0.3, -0.25) is 4.90 Å². The van der Waals surface area contributed by atoms with Gasteiger partial charge in [0.2, 0.25) is 0 Å². The Bertz CT molecular complexity index is 636. The van der Waals surface area contributed by atoms with Crippen molar-refractivity contribution in [3.8, 4) is 0 Å². The van der Waals surface area contributed by atoms with E-state index in [1.54, 1.807) is 0 Å². The molecule has 5 heteroatoms. The largest absolute Gasteiger partial charge is 0.451 e. The molecule has 3 rings (SSSR count). The van der Waals surface area contributed by atoms with Crippen LogP contribution in [0.3, 0.4) is 0 Å². The predicted molar refractivity (Wildman–Crippen MR) is 115 cm³/mol. The standard InChI is InChI=1S/C23H33BN2O2/c25-23(13-7-8-14-24(27)28)21-15-22(16-21)26(17-19-9-3-1-4-10-19)18-20-11-5-2-6-12-20/h1-6,9-12,21-23,27-28H,7-8,13-18,25H2/t21-,22-,23?.